The average molecular weight is 255 g/mol. The van der Waals surface area contributed by atoms with Crippen molar-refractivity contribution in [1.82, 2.24) is 9.97 Å². The SMILES string of the molecule is C=Cc1c(N)nc(SC)nc1OCC(=O)OC. The van der Waals surface area contributed by atoms with Crippen LogP contribution in [-0.2, 0) is 9.53 Å². The number of carbonyl (C=O) groups is 1. The van der Waals surface area contributed by atoms with Crippen LogP contribution in [0.1, 0.15) is 5.56 Å². The van der Waals surface area contributed by atoms with Gasteiger partial charge in [0.25, 0.3) is 0 Å². The molecule has 0 amide bonds. The number of nitrogen functional groups attached to an aromatic ring is 1. The van der Waals surface area contributed by atoms with Gasteiger partial charge >= 0.3 is 5.97 Å². The molecule has 1 aromatic heterocycles. The lowest BCUT2D eigenvalue weighted by Crippen LogP contribution is -2.14. The summed E-state index contributed by atoms with van der Waals surface area (Å²) in [6.45, 7) is 3.36. The number of thioether (sulfide) groups is 1. The quantitative estimate of drug-likeness (QED) is 0.476. The van der Waals surface area contributed by atoms with E-state index in [1.165, 1.54) is 24.9 Å². The van der Waals surface area contributed by atoms with Crippen LogP contribution in [0.5, 0.6) is 5.88 Å². The Kier molecular flexibility index (Phi) is 4.77. The van der Waals surface area contributed by atoms with Gasteiger partial charge in [-0.15, -0.1) is 0 Å². The van der Waals surface area contributed by atoms with E-state index < -0.39 is 5.97 Å². The van der Waals surface area contributed by atoms with Gasteiger partial charge in [-0.05, 0) is 6.26 Å². The molecule has 0 aliphatic carbocycles. The molecule has 1 heterocycles. The minimum absolute atomic E-state index is 0.224. The van der Waals surface area contributed by atoms with E-state index in [4.69, 9.17) is 10.5 Å². The lowest BCUT2D eigenvalue weighted by Gasteiger charge is -2.09. The third kappa shape index (κ3) is 3.35. The largest absolute Gasteiger partial charge is 0.466 e. The Labute approximate surface area is 103 Å². The average Bonchev–Trinajstić information content (AvgIpc) is 2.35. The van der Waals surface area contributed by atoms with Crippen LogP contribution in [-0.4, -0.2) is 35.9 Å². The smallest absolute Gasteiger partial charge is 0.343 e. The van der Waals surface area contributed by atoms with Gasteiger partial charge in [-0.1, -0.05) is 24.4 Å². The molecule has 0 saturated heterocycles. The molecule has 17 heavy (non-hydrogen) atoms. The number of aromatic nitrogens is 2. The van der Waals surface area contributed by atoms with E-state index in [0.29, 0.717) is 10.7 Å². The van der Waals surface area contributed by atoms with Gasteiger partial charge in [0.15, 0.2) is 11.8 Å². The van der Waals surface area contributed by atoms with Crippen LogP contribution in [0.3, 0.4) is 0 Å². The Bertz CT molecular complexity index is 437. The summed E-state index contributed by atoms with van der Waals surface area (Å²) >= 11 is 1.32. The number of rotatable bonds is 5. The van der Waals surface area contributed by atoms with Gasteiger partial charge in [0.2, 0.25) is 5.88 Å². The van der Waals surface area contributed by atoms with E-state index in [1.807, 2.05) is 6.26 Å². The van der Waals surface area contributed by atoms with Crippen molar-refractivity contribution in [1.29, 1.82) is 0 Å². The zero-order chi connectivity index (χ0) is 12.8. The van der Waals surface area contributed by atoms with Crippen LogP contribution in [0, 0.1) is 0 Å². The van der Waals surface area contributed by atoms with Crippen molar-refractivity contribution in [3.05, 3.63) is 12.1 Å². The molecule has 0 aliphatic rings. The molecule has 6 nitrogen and oxygen atoms in total. The van der Waals surface area contributed by atoms with E-state index in [-0.39, 0.29) is 18.3 Å². The van der Waals surface area contributed by atoms with Crippen molar-refractivity contribution in [2.45, 2.75) is 5.16 Å². The number of ether oxygens (including phenoxy) is 2. The lowest BCUT2D eigenvalue weighted by molar-refractivity contribution is -0.143. The van der Waals surface area contributed by atoms with Crippen LogP contribution in [0.15, 0.2) is 11.7 Å². The predicted octanol–water partition coefficient (Wildman–Crippen LogP) is 0.975. The fraction of sp³-hybridized carbons (Fsp3) is 0.300. The minimum Gasteiger partial charge on any atom is -0.466 e. The van der Waals surface area contributed by atoms with E-state index in [1.54, 1.807) is 0 Å². The summed E-state index contributed by atoms with van der Waals surface area (Å²) in [5.74, 6) is -0.00985. The van der Waals surface area contributed by atoms with Gasteiger partial charge in [-0.2, -0.15) is 4.98 Å². The molecular weight excluding hydrogens is 242 g/mol. The molecule has 0 aliphatic heterocycles. The van der Waals surface area contributed by atoms with Gasteiger partial charge in [0.05, 0.1) is 12.7 Å². The molecule has 92 valence electrons. The Morgan fingerprint density at radius 3 is 2.82 bits per heavy atom. The maximum absolute atomic E-state index is 11.0. The number of methoxy groups -OCH3 is 1. The second-order valence-corrected chi connectivity index (χ2v) is 3.66. The number of carbonyl (C=O) groups excluding carboxylic acids is 1. The summed E-state index contributed by atoms with van der Waals surface area (Å²) in [5.41, 5.74) is 6.18. The van der Waals surface area contributed by atoms with Crippen LogP contribution in [0.2, 0.25) is 0 Å². The first-order valence-electron chi connectivity index (χ1n) is 4.66. The molecule has 0 atom stereocenters. The zero-order valence-corrected chi connectivity index (χ0v) is 10.4. The van der Waals surface area contributed by atoms with Crippen molar-refractivity contribution in [3.63, 3.8) is 0 Å². The Balaban J connectivity index is 2.98. The van der Waals surface area contributed by atoms with Crippen LogP contribution in [0.4, 0.5) is 5.82 Å². The number of anilines is 1. The third-order valence-electron chi connectivity index (χ3n) is 1.86. The van der Waals surface area contributed by atoms with Crippen molar-refractivity contribution in [3.8, 4) is 5.88 Å². The molecule has 2 N–H and O–H groups in total. The first-order chi connectivity index (χ1) is 8.12. The van der Waals surface area contributed by atoms with Crippen molar-refractivity contribution < 1.29 is 14.3 Å². The Morgan fingerprint density at radius 1 is 1.59 bits per heavy atom. The molecule has 0 unspecified atom stereocenters. The van der Waals surface area contributed by atoms with E-state index >= 15 is 0 Å². The monoisotopic (exact) mass is 255 g/mol. The van der Waals surface area contributed by atoms with Gasteiger partial charge in [-0.25, -0.2) is 9.78 Å². The Hall–Kier alpha value is -1.76. The second kappa shape index (κ2) is 6.09. The van der Waals surface area contributed by atoms with Gasteiger partial charge in [-0.3, -0.25) is 0 Å². The maximum atomic E-state index is 11.0. The van der Waals surface area contributed by atoms with Crippen LogP contribution in [0.25, 0.3) is 6.08 Å². The van der Waals surface area contributed by atoms with Gasteiger partial charge < -0.3 is 15.2 Å². The summed E-state index contributed by atoms with van der Waals surface area (Å²) in [5, 5.41) is 0.466. The van der Waals surface area contributed by atoms with E-state index in [2.05, 4.69) is 21.3 Å². The van der Waals surface area contributed by atoms with Gasteiger partial charge in [0.1, 0.15) is 5.82 Å². The fourth-order valence-corrected chi connectivity index (χ4v) is 1.39. The molecule has 0 spiro atoms. The minimum atomic E-state index is -0.497. The van der Waals surface area contributed by atoms with Crippen LogP contribution < -0.4 is 10.5 Å². The molecule has 0 fully saturated rings. The maximum Gasteiger partial charge on any atom is 0.343 e. The number of esters is 1. The van der Waals surface area contributed by atoms with Crippen LogP contribution >= 0.6 is 11.8 Å². The summed E-state index contributed by atoms with van der Waals surface area (Å²) in [7, 11) is 1.28. The topological polar surface area (TPSA) is 87.3 Å². The highest BCUT2D eigenvalue weighted by Gasteiger charge is 2.12. The molecule has 0 bridgehead atoms. The highest BCUT2D eigenvalue weighted by atomic mass is 32.2. The summed E-state index contributed by atoms with van der Waals surface area (Å²) in [6.07, 6.45) is 3.29. The van der Waals surface area contributed by atoms with E-state index in [9.17, 15) is 4.79 Å². The zero-order valence-electron chi connectivity index (χ0n) is 9.60. The third-order valence-corrected chi connectivity index (χ3v) is 2.41. The number of nitrogens with zero attached hydrogens (tertiary/aromatic N) is 2. The van der Waals surface area contributed by atoms with Crippen molar-refractivity contribution >= 4 is 29.6 Å². The number of hydrogen-bond acceptors (Lipinski definition) is 7. The summed E-state index contributed by atoms with van der Waals surface area (Å²) in [6, 6.07) is 0. The fourth-order valence-electron chi connectivity index (χ4n) is 1.02. The molecule has 0 saturated carbocycles. The highest BCUT2D eigenvalue weighted by molar-refractivity contribution is 7.98. The summed E-state index contributed by atoms with van der Waals surface area (Å²) in [4.78, 5) is 19.1. The molecular formula is C10H13N3O3S. The molecule has 0 aromatic carbocycles. The van der Waals surface area contributed by atoms with E-state index in [0.717, 1.165) is 0 Å². The number of hydrogen-bond donors (Lipinski definition) is 1. The molecule has 0 radical (unpaired) electrons. The Morgan fingerprint density at radius 2 is 2.29 bits per heavy atom. The first-order valence-corrected chi connectivity index (χ1v) is 5.88. The summed E-state index contributed by atoms with van der Waals surface area (Å²) < 4.78 is 9.68. The standard InChI is InChI=1S/C10H13N3O3S/c1-4-6-8(11)12-10(17-3)13-9(6)16-5-7(14)15-2/h4H,1,5H2,2-3H3,(H2,11,12,13). The number of nitrogens with two attached hydrogens (primary N) is 1. The first kappa shape index (κ1) is 13.3. The lowest BCUT2D eigenvalue weighted by atomic mass is 10.3. The predicted molar refractivity (Wildman–Crippen MR) is 65.8 cm³/mol. The molecule has 7 heteroatoms. The molecule has 1 aromatic rings. The van der Waals surface area contributed by atoms with Crippen molar-refractivity contribution in [2.24, 2.45) is 0 Å². The van der Waals surface area contributed by atoms with Crippen molar-refractivity contribution in [2.75, 3.05) is 25.7 Å². The second-order valence-electron chi connectivity index (χ2n) is 2.88. The highest BCUT2D eigenvalue weighted by Crippen LogP contribution is 2.25. The molecule has 1 rings (SSSR count). The normalized spacial score (nSPS) is 9.76. The van der Waals surface area contributed by atoms with Gasteiger partial charge in [0, 0.05) is 0 Å².